The number of hydrogen-bond donors (Lipinski definition) is 0. The minimum Gasteiger partial charge on any atom is -0.457 e. The normalized spacial score (nSPS) is 10.9. The van der Waals surface area contributed by atoms with Crippen LogP contribution in [0.1, 0.15) is 21.5 Å². The second-order valence-electron chi connectivity index (χ2n) is 6.26. The minimum atomic E-state index is -0.284. The van der Waals surface area contributed by atoms with E-state index < -0.39 is 0 Å². The summed E-state index contributed by atoms with van der Waals surface area (Å²) in [6.07, 6.45) is 0. The zero-order valence-corrected chi connectivity index (χ0v) is 14.0. The van der Waals surface area contributed by atoms with E-state index in [0.29, 0.717) is 5.56 Å². The third-order valence-electron chi connectivity index (χ3n) is 4.47. The van der Waals surface area contributed by atoms with Gasteiger partial charge in [0.15, 0.2) is 0 Å². The molecule has 0 aliphatic rings. The van der Waals surface area contributed by atoms with Crippen LogP contribution in [0.3, 0.4) is 0 Å². The van der Waals surface area contributed by atoms with Crippen LogP contribution in [-0.2, 0) is 11.3 Å². The molecule has 0 aliphatic carbocycles. The van der Waals surface area contributed by atoms with Crippen molar-refractivity contribution in [2.45, 2.75) is 13.5 Å². The van der Waals surface area contributed by atoms with Gasteiger partial charge in [-0.3, -0.25) is 0 Å². The van der Waals surface area contributed by atoms with Crippen LogP contribution < -0.4 is 0 Å². The Kier molecular flexibility index (Phi) is 3.95. The van der Waals surface area contributed by atoms with Crippen LogP contribution in [0.5, 0.6) is 0 Å². The lowest BCUT2D eigenvalue weighted by atomic mass is 9.97. The molecule has 0 N–H and O–H groups in total. The third-order valence-corrected chi connectivity index (χ3v) is 4.47. The molecule has 0 aliphatic heterocycles. The van der Waals surface area contributed by atoms with Crippen molar-refractivity contribution in [1.82, 2.24) is 0 Å². The highest BCUT2D eigenvalue weighted by Crippen LogP contribution is 2.29. The van der Waals surface area contributed by atoms with Gasteiger partial charge in [0, 0.05) is 0 Å². The summed E-state index contributed by atoms with van der Waals surface area (Å²) >= 11 is 0. The number of ether oxygens (including phenoxy) is 1. The lowest BCUT2D eigenvalue weighted by Gasteiger charge is -2.11. The van der Waals surface area contributed by atoms with Crippen molar-refractivity contribution in [2.24, 2.45) is 0 Å². The van der Waals surface area contributed by atoms with Crippen LogP contribution >= 0.6 is 0 Å². The first-order chi connectivity index (χ1) is 12.2. The van der Waals surface area contributed by atoms with E-state index in [4.69, 9.17) is 4.74 Å². The molecule has 0 atom stereocenters. The average Bonchev–Trinajstić information content (AvgIpc) is 2.65. The first kappa shape index (κ1) is 15.4. The molecule has 25 heavy (non-hydrogen) atoms. The van der Waals surface area contributed by atoms with Crippen molar-refractivity contribution in [3.63, 3.8) is 0 Å². The lowest BCUT2D eigenvalue weighted by molar-refractivity contribution is 0.0477. The van der Waals surface area contributed by atoms with Crippen LogP contribution in [-0.4, -0.2) is 5.97 Å². The summed E-state index contributed by atoms with van der Waals surface area (Å²) in [4.78, 5) is 12.9. The van der Waals surface area contributed by atoms with Crippen LogP contribution in [0.2, 0.25) is 0 Å². The van der Waals surface area contributed by atoms with E-state index in [9.17, 15) is 4.79 Å². The predicted octanol–water partition coefficient (Wildman–Crippen LogP) is 5.66. The standard InChI is InChI=1S/C23H18O2/c1-16-10-12-17(13-11-16)15-25-23(24)22-20-8-4-2-6-18(20)14-19-7-3-5-9-21(19)22/h2-14H,15H2,1H3. The number of carbonyl (C=O) groups is 1. The zero-order valence-electron chi connectivity index (χ0n) is 14.0. The average molecular weight is 326 g/mol. The SMILES string of the molecule is Cc1ccc(COC(=O)c2c3ccccc3cc3ccccc23)cc1. The zero-order chi connectivity index (χ0) is 17.2. The second kappa shape index (κ2) is 6.40. The third kappa shape index (κ3) is 2.99. The maximum Gasteiger partial charge on any atom is 0.339 e. The fourth-order valence-electron chi connectivity index (χ4n) is 3.14. The molecule has 0 aromatic heterocycles. The molecule has 0 amide bonds. The molecule has 0 radical (unpaired) electrons. The van der Waals surface area contributed by atoms with Crippen LogP contribution in [0.25, 0.3) is 21.5 Å². The second-order valence-corrected chi connectivity index (χ2v) is 6.26. The Labute approximate surface area is 146 Å². The molecule has 0 saturated carbocycles. The predicted molar refractivity (Wildman–Crippen MR) is 102 cm³/mol. The van der Waals surface area contributed by atoms with Gasteiger partial charge in [-0.05, 0) is 40.1 Å². The van der Waals surface area contributed by atoms with Gasteiger partial charge in [0.1, 0.15) is 6.61 Å². The van der Waals surface area contributed by atoms with E-state index in [2.05, 4.69) is 6.07 Å². The Bertz CT molecular complexity index is 1010. The lowest BCUT2D eigenvalue weighted by Crippen LogP contribution is -2.07. The van der Waals surface area contributed by atoms with Gasteiger partial charge in [-0.2, -0.15) is 0 Å². The summed E-state index contributed by atoms with van der Waals surface area (Å²) in [5.41, 5.74) is 2.82. The van der Waals surface area contributed by atoms with Crippen molar-refractivity contribution in [3.8, 4) is 0 Å². The fourth-order valence-corrected chi connectivity index (χ4v) is 3.14. The van der Waals surface area contributed by atoms with Gasteiger partial charge in [0.05, 0.1) is 5.56 Å². The van der Waals surface area contributed by atoms with E-state index in [0.717, 1.165) is 27.1 Å². The van der Waals surface area contributed by atoms with Crippen LogP contribution in [0, 0.1) is 6.92 Å². The summed E-state index contributed by atoms with van der Waals surface area (Å²) < 4.78 is 5.63. The van der Waals surface area contributed by atoms with Gasteiger partial charge in [0.25, 0.3) is 0 Å². The van der Waals surface area contributed by atoms with Gasteiger partial charge < -0.3 is 4.74 Å². The molecule has 4 aromatic carbocycles. The number of carbonyl (C=O) groups excluding carboxylic acids is 1. The number of fused-ring (bicyclic) bond motifs is 2. The van der Waals surface area contributed by atoms with Crippen molar-refractivity contribution < 1.29 is 9.53 Å². The van der Waals surface area contributed by atoms with E-state index >= 15 is 0 Å². The Morgan fingerprint density at radius 3 is 1.96 bits per heavy atom. The van der Waals surface area contributed by atoms with E-state index in [1.807, 2.05) is 79.7 Å². The highest BCUT2D eigenvalue weighted by molar-refractivity contribution is 6.16. The highest BCUT2D eigenvalue weighted by atomic mass is 16.5. The molecule has 0 fully saturated rings. The molecular weight excluding hydrogens is 308 g/mol. The Morgan fingerprint density at radius 1 is 0.800 bits per heavy atom. The molecule has 2 nitrogen and oxygen atoms in total. The number of benzene rings is 4. The quantitative estimate of drug-likeness (QED) is 0.359. The van der Waals surface area contributed by atoms with Gasteiger partial charge in [-0.15, -0.1) is 0 Å². The molecule has 0 heterocycles. The molecule has 2 heteroatoms. The fraction of sp³-hybridized carbons (Fsp3) is 0.0870. The topological polar surface area (TPSA) is 26.3 Å². The number of rotatable bonds is 3. The van der Waals surface area contributed by atoms with Crippen molar-refractivity contribution >= 4 is 27.5 Å². The molecule has 0 bridgehead atoms. The summed E-state index contributed by atoms with van der Waals surface area (Å²) in [5.74, 6) is -0.284. The summed E-state index contributed by atoms with van der Waals surface area (Å²) in [6.45, 7) is 2.31. The van der Waals surface area contributed by atoms with Crippen LogP contribution in [0.4, 0.5) is 0 Å². The van der Waals surface area contributed by atoms with Crippen molar-refractivity contribution in [1.29, 1.82) is 0 Å². The first-order valence-electron chi connectivity index (χ1n) is 8.35. The molecule has 4 aromatic rings. The minimum absolute atomic E-state index is 0.274. The van der Waals surface area contributed by atoms with Gasteiger partial charge in [-0.1, -0.05) is 78.4 Å². The maximum absolute atomic E-state index is 12.9. The van der Waals surface area contributed by atoms with Gasteiger partial charge >= 0.3 is 5.97 Å². The van der Waals surface area contributed by atoms with Gasteiger partial charge in [-0.25, -0.2) is 4.79 Å². The number of hydrogen-bond acceptors (Lipinski definition) is 2. The molecule has 0 spiro atoms. The smallest absolute Gasteiger partial charge is 0.339 e. The van der Waals surface area contributed by atoms with Crippen molar-refractivity contribution in [3.05, 3.63) is 95.6 Å². The van der Waals surface area contributed by atoms with E-state index in [1.54, 1.807) is 0 Å². The maximum atomic E-state index is 12.9. The largest absolute Gasteiger partial charge is 0.457 e. The highest BCUT2D eigenvalue weighted by Gasteiger charge is 2.16. The van der Waals surface area contributed by atoms with E-state index in [1.165, 1.54) is 5.56 Å². The molecule has 0 unspecified atom stereocenters. The van der Waals surface area contributed by atoms with E-state index in [-0.39, 0.29) is 12.6 Å². The van der Waals surface area contributed by atoms with Gasteiger partial charge in [0.2, 0.25) is 0 Å². The summed E-state index contributed by atoms with van der Waals surface area (Å²) in [5, 5.41) is 3.94. The molecule has 0 saturated heterocycles. The Balaban J connectivity index is 1.75. The molecular formula is C23H18O2. The number of aryl methyl sites for hydroxylation is 1. The molecule has 122 valence electrons. The summed E-state index contributed by atoms with van der Waals surface area (Å²) in [6, 6.07) is 26.0. The van der Waals surface area contributed by atoms with Crippen LogP contribution in [0.15, 0.2) is 78.9 Å². The number of esters is 1. The Hall–Kier alpha value is -3.13. The van der Waals surface area contributed by atoms with Crippen molar-refractivity contribution in [2.75, 3.05) is 0 Å². The summed E-state index contributed by atoms with van der Waals surface area (Å²) in [7, 11) is 0. The monoisotopic (exact) mass is 326 g/mol. The first-order valence-corrected chi connectivity index (χ1v) is 8.35. The Morgan fingerprint density at radius 2 is 1.36 bits per heavy atom. The molecule has 4 rings (SSSR count).